The summed E-state index contributed by atoms with van der Waals surface area (Å²) in [6.45, 7) is 4.11. The Morgan fingerprint density at radius 3 is 2.60 bits per heavy atom. The highest BCUT2D eigenvalue weighted by atomic mass is 16.5. The zero-order valence-corrected chi connectivity index (χ0v) is 11.7. The van der Waals surface area contributed by atoms with Gasteiger partial charge in [-0.2, -0.15) is 0 Å². The van der Waals surface area contributed by atoms with Crippen molar-refractivity contribution in [2.24, 2.45) is 0 Å². The first-order valence-corrected chi connectivity index (χ1v) is 6.75. The molecule has 1 heterocycles. The number of aliphatic carboxylic acids is 1. The molecule has 108 valence electrons. The summed E-state index contributed by atoms with van der Waals surface area (Å²) in [5, 5.41) is 9.10. The third kappa shape index (κ3) is 3.10. The third-order valence-corrected chi connectivity index (χ3v) is 3.50. The Morgan fingerprint density at radius 1 is 1.35 bits per heavy atom. The Labute approximate surface area is 118 Å². The number of hydrogen-bond acceptors (Lipinski definition) is 3. The fourth-order valence-electron chi connectivity index (χ4n) is 2.39. The molecular formula is C15H19NO4. The highest BCUT2D eigenvalue weighted by Gasteiger charge is 2.36. The Bertz CT molecular complexity index is 497. The summed E-state index contributed by atoms with van der Waals surface area (Å²) in [6.07, 6.45) is 0.552. The zero-order valence-electron chi connectivity index (χ0n) is 11.7. The maximum absolute atomic E-state index is 12.3. The number of rotatable bonds is 4. The van der Waals surface area contributed by atoms with E-state index in [2.05, 4.69) is 0 Å². The van der Waals surface area contributed by atoms with E-state index in [0.717, 1.165) is 12.0 Å². The van der Waals surface area contributed by atoms with Gasteiger partial charge in [0.15, 0.2) is 6.10 Å². The molecule has 1 saturated heterocycles. The maximum atomic E-state index is 12.3. The number of aryl methyl sites for hydroxylation is 1. The van der Waals surface area contributed by atoms with Crippen molar-refractivity contribution in [3.05, 3.63) is 29.8 Å². The summed E-state index contributed by atoms with van der Waals surface area (Å²) in [6, 6.07) is 6.70. The van der Waals surface area contributed by atoms with E-state index >= 15 is 0 Å². The van der Waals surface area contributed by atoms with Crippen LogP contribution >= 0.6 is 0 Å². The standard InChI is InChI=1S/C15H19NO4/c1-10-5-7-12(8-6-10)20-11(2)14(17)16-9-3-4-13(16)15(18)19/h5-8,11,13H,3-4,9H2,1-2H3,(H,18,19)/t11?,13-/m0/s1. The highest BCUT2D eigenvalue weighted by molar-refractivity contribution is 5.87. The molecule has 0 aromatic heterocycles. The summed E-state index contributed by atoms with van der Waals surface area (Å²) >= 11 is 0. The predicted octanol–water partition coefficient (Wildman–Crippen LogP) is 1.84. The number of carbonyl (C=O) groups excluding carboxylic acids is 1. The van der Waals surface area contributed by atoms with Crippen LogP contribution in [0.3, 0.4) is 0 Å². The molecule has 0 radical (unpaired) electrons. The van der Waals surface area contributed by atoms with Crippen LogP contribution in [0.2, 0.25) is 0 Å². The van der Waals surface area contributed by atoms with Crippen LogP contribution in [-0.4, -0.2) is 40.6 Å². The number of likely N-dealkylation sites (tertiary alicyclic amines) is 1. The summed E-state index contributed by atoms with van der Waals surface area (Å²) in [4.78, 5) is 24.8. The van der Waals surface area contributed by atoms with E-state index in [1.54, 1.807) is 19.1 Å². The van der Waals surface area contributed by atoms with Crippen LogP contribution in [0.1, 0.15) is 25.3 Å². The molecule has 1 aromatic carbocycles. The first kappa shape index (κ1) is 14.4. The van der Waals surface area contributed by atoms with E-state index in [1.807, 2.05) is 19.1 Å². The second kappa shape index (κ2) is 5.94. The van der Waals surface area contributed by atoms with E-state index in [9.17, 15) is 9.59 Å². The Kier molecular flexibility index (Phi) is 4.27. The van der Waals surface area contributed by atoms with Crippen LogP contribution in [-0.2, 0) is 9.59 Å². The minimum Gasteiger partial charge on any atom is -0.481 e. The molecule has 0 bridgehead atoms. The van der Waals surface area contributed by atoms with Gasteiger partial charge in [0.1, 0.15) is 11.8 Å². The van der Waals surface area contributed by atoms with E-state index in [-0.39, 0.29) is 5.91 Å². The van der Waals surface area contributed by atoms with Gasteiger partial charge >= 0.3 is 5.97 Å². The Balaban J connectivity index is 2.01. The molecule has 1 aromatic rings. The van der Waals surface area contributed by atoms with Crippen molar-refractivity contribution in [3.63, 3.8) is 0 Å². The molecule has 1 unspecified atom stereocenters. The van der Waals surface area contributed by atoms with Crippen LogP contribution in [0, 0.1) is 6.92 Å². The molecule has 5 nitrogen and oxygen atoms in total. The SMILES string of the molecule is Cc1ccc(OC(C)C(=O)N2CCC[C@H]2C(=O)O)cc1. The number of carboxylic acid groups (broad SMARTS) is 1. The molecule has 2 rings (SSSR count). The quantitative estimate of drug-likeness (QED) is 0.912. The highest BCUT2D eigenvalue weighted by Crippen LogP contribution is 2.20. The Hall–Kier alpha value is -2.04. The van der Waals surface area contributed by atoms with E-state index in [1.165, 1.54) is 4.90 Å². The topological polar surface area (TPSA) is 66.8 Å². The van der Waals surface area contributed by atoms with Gasteiger partial charge in [0.2, 0.25) is 0 Å². The molecular weight excluding hydrogens is 258 g/mol. The van der Waals surface area contributed by atoms with Crippen LogP contribution in [0.5, 0.6) is 5.75 Å². The maximum Gasteiger partial charge on any atom is 0.326 e. The summed E-state index contributed by atoms with van der Waals surface area (Å²) in [7, 11) is 0. The van der Waals surface area contributed by atoms with Crippen molar-refractivity contribution in [3.8, 4) is 5.75 Å². The van der Waals surface area contributed by atoms with Gasteiger partial charge in [0.25, 0.3) is 5.91 Å². The lowest BCUT2D eigenvalue weighted by atomic mass is 10.2. The summed E-state index contributed by atoms with van der Waals surface area (Å²) in [5.74, 6) is -0.601. The zero-order chi connectivity index (χ0) is 14.7. The minimum absolute atomic E-state index is 0.268. The van der Waals surface area contributed by atoms with Gasteiger partial charge in [-0.1, -0.05) is 17.7 Å². The first-order chi connectivity index (χ1) is 9.49. The molecule has 2 atom stereocenters. The summed E-state index contributed by atoms with van der Waals surface area (Å²) < 4.78 is 5.59. The lowest BCUT2D eigenvalue weighted by Crippen LogP contribution is -2.46. The molecule has 1 fully saturated rings. The average Bonchev–Trinajstić information content (AvgIpc) is 2.90. The lowest BCUT2D eigenvalue weighted by molar-refractivity contribution is -0.150. The molecule has 20 heavy (non-hydrogen) atoms. The van der Waals surface area contributed by atoms with E-state index in [0.29, 0.717) is 18.7 Å². The molecule has 0 spiro atoms. The number of amides is 1. The molecule has 0 aliphatic carbocycles. The monoisotopic (exact) mass is 277 g/mol. The largest absolute Gasteiger partial charge is 0.481 e. The van der Waals surface area contributed by atoms with E-state index < -0.39 is 18.1 Å². The van der Waals surface area contributed by atoms with Gasteiger partial charge in [-0.05, 0) is 38.8 Å². The summed E-state index contributed by atoms with van der Waals surface area (Å²) in [5.41, 5.74) is 1.11. The second-order valence-electron chi connectivity index (χ2n) is 5.10. The van der Waals surface area contributed by atoms with Crippen molar-refractivity contribution in [2.75, 3.05) is 6.54 Å². The number of hydrogen-bond donors (Lipinski definition) is 1. The Morgan fingerprint density at radius 2 is 2.00 bits per heavy atom. The molecule has 1 N–H and O–H groups in total. The normalized spacial score (nSPS) is 19.7. The van der Waals surface area contributed by atoms with Crippen molar-refractivity contribution in [2.45, 2.75) is 38.8 Å². The first-order valence-electron chi connectivity index (χ1n) is 6.75. The lowest BCUT2D eigenvalue weighted by Gasteiger charge is -2.25. The number of nitrogens with zero attached hydrogens (tertiary/aromatic N) is 1. The van der Waals surface area contributed by atoms with Crippen molar-refractivity contribution in [1.29, 1.82) is 0 Å². The fourth-order valence-corrected chi connectivity index (χ4v) is 2.39. The van der Waals surface area contributed by atoms with Gasteiger partial charge in [-0.3, -0.25) is 4.79 Å². The smallest absolute Gasteiger partial charge is 0.326 e. The van der Waals surface area contributed by atoms with E-state index in [4.69, 9.17) is 9.84 Å². The average molecular weight is 277 g/mol. The van der Waals surface area contributed by atoms with Gasteiger partial charge in [-0.25, -0.2) is 4.79 Å². The molecule has 1 aliphatic heterocycles. The van der Waals surface area contributed by atoms with Gasteiger partial charge in [0.05, 0.1) is 0 Å². The number of carbonyl (C=O) groups is 2. The number of carboxylic acids is 1. The van der Waals surface area contributed by atoms with Gasteiger partial charge < -0.3 is 14.7 Å². The van der Waals surface area contributed by atoms with Crippen molar-refractivity contribution < 1.29 is 19.4 Å². The second-order valence-corrected chi connectivity index (χ2v) is 5.10. The van der Waals surface area contributed by atoms with Crippen molar-refractivity contribution in [1.82, 2.24) is 4.90 Å². The van der Waals surface area contributed by atoms with Gasteiger partial charge in [-0.15, -0.1) is 0 Å². The molecule has 1 aliphatic rings. The van der Waals surface area contributed by atoms with Crippen LogP contribution in [0.4, 0.5) is 0 Å². The number of ether oxygens (including phenoxy) is 1. The molecule has 0 saturated carbocycles. The van der Waals surface area contributed by atoms with Crippen LogP contribution < -0.4 is 4.74 Å². The minimum atomic E-state index is -0.946. The number of benzene rings is 1. The van der Waals surface area contributed by atoms with Crippen LogP contribution in [0.25, 0.3) is 0 Å². The third-order valence-electron chi connectivity index (χ3n) is 3.50. The van der Waals surface area contributed by atoms with Crippen LogP contribution in [0.15, 0.2) is 24.3 Å². The fraction of sp³-hybridized carbons (Fsp3) is 0.467. The predicted molar refractivity (Wildman–Crippen MR) is 73.6 cm³/mol. The molecule has 1 amide bonds. The van der Waals surface area contributed by atoms with Gasteiger partial charge in [0, 0.05) is 6.54 Å². The van der Waals surface area contributed by atoms with Crippen molar-refractivity contribution >= 4 is 11.9 Å². The molecule has 5 heteroatoms.